The maximum atomic E-state index is 11.6. The van der Waals surface area contributed by atoms with E-state index in [0.29, 0.717) is 18.2 Å². The summed E-state index contributed by atoms with van der Waals surface area (Å²) in [5.74, 6) is 2.04. The molecule has 0 radical (unpaired) electrons. The maximum absolute atomic E-state index is 11.6. The molecule has 2 aromatic rings. The van der Waals surface area contributed by atoms with E-state index in [1.165, 1.54) is 12.8 Å². The van der Waals surface area contributed by atoms with Crippen molar-refractivity contribution in [2.45, 2.75) is 25.2 Å². The molecule has 3 heterocycles. The lowest BCUT2D eigenvalue weighted by Gasteiger charge is -2.21. The maximum Gasteiger partial charge on any atom is 0.229 e. The summed E-state index contributed by atoms with van der Waals surface area (Å²) in [6.07, 6.45) is 4.67. The first-order valence-electron chi connectivity index (χ1n) is 7.64. The van der Waals surface area contributed by atoms with Gasteiger partial charge in [0.15, 0.2) is 15.5 Å². The highest BCUT2D eigenvalue weighted by atomic mass is 32.2. The number of rotatable bonds is 4. The van der Waals surface area contributed by atoms with Crippen molar-refractivity contribution in [1.29, 1.82) is 0 Å². The Morgan fingerprint density at radius 3 is 2.82 bits per heavy atom. The molecule has 1 aliphatic heterocycles. The SMILES string of the molecule is CN(CC1CCS(=O)(=O)C1)c1ncnc2cc(C3CC3)nn12. The van der Waals surface area contributed by atoms with Crippen LogP contribution in [-0.2, 0) is 9.84 Å². The van der Waals surface area contributed by atoms with Crippen LogP contribution in [-0.4, -0.2) is 53.1 Å². The van der Waals surface area contributed by atoms with Crippen molar-refractivity contribution in [3.63, 3.8) is 0 Å². The van der Waals surface area contributed by atoms with Crippen molar-refractivity contribution in [3.8, 4) is 0 Å². The van der Waals surface area contributed by atoms with Gasteiger partial charge in [-0.25, -0.2) is 18.4 Å². The molecular weight excluding hydrogens is 302 g/mol. The van der Waals surface area contributed by atoms with Crippen LogP contribution < -0.4 is 4.90 Å². The van der Waals surface area contributed by atoms with E-state index in [1.54, 1.807) is 10.8 Å². The van der Waals surface area contributed by atoms with Gasteiger partial charge in [0.1, 0.15) is 6.33 Å². The highest BCUT2D eigenvalue weighted by Crippen LogP contribution is 2.39. The third-order valence-corrected chi connectivity index (χ3v) is 6.29. The zero-order chi connectivity index (χ0) is 15.3. The average molecular weight is 321 g/mol. The summed E-state index contributed by atoms with van der Waals surface area (Å²) >= 11 is 0. The largest absolute Gasteiger partial charge is 0.343 e. The summed E-state index contributed by atoms with van der Waals surface area (Å²) in [5.41, 5.74) is 1.89. The summed E-state index contributed by atoms with van der Waals surface area (Å²) in [5, 5.41) is 4.63. The van der Waals surface area contributed by atoms with Gasteiger partial charge in [-0.05, 0) is 25.2 Å². The van der Waals surface area contributed by atoms with Crippen LogP contribution in [0.5, 0.6) is 0 Å². The number of sulfone groups is 1. The average Bonchev–Trinajstić information content (AvgIpc) is 3.14. The minimum Gasteiger partial charge on any atom is -0.343 e. The smallest absolute Gasteiger partial charge is 0.229 e. The van der Waals surface area contributed by atoms with E-state index in [9.17, 15) is 8.42 Å². The molecule has 1 unspecified atom stereocenters. The number of hydrogen-bond acceptors (Lipinski definition) is 6. The predicted octanol–water partition coefficient (Wildman–Crippen LogP) is 0.873. The molecule has 0 spiro atoms. The Kier molecular flexibility index (Phi) is 3.11. The number of aromatic nitrogens is 4. The van der Waals surface area contributed by atoms with Gasteiger partial charge in [-0.2, -0.15) is 9.61 Å². The van der Waals surface area contributed by atoms with Gasteiger partial charge in [0.25, 0.3) is 0 Å². The molecule has 4 rings (SSSR count). The van der Waals surface area contributed by atoms with E-state index in [1.807, 2.05) is 18.0 Å². The highest BCUT2D eigenvalue weighted by Gasteiger charge is 2.30. The summed E-state index contributed by atoms with van der Waals surface area (Å²) in [6, 6.07) is 2.02. The molecule has 8 heteroatoms. The molecule has 1 saturated heterocycles. The van der Waals surface area contributed by atoms with Crippen LogP contribution >= 0.6 is 0 Å². The molecule has 0 N–H and O–H groups in total. The van der Waals surface area contributed by atoms with Crippen molar-refractivity contribution in [3.05, 3.63) is 18.1 Å². The second kappa shape index (κ2) is 4.91. The van der Waals surface area contributed by atoms with Gasteiger partial charge in [-0.1, -0.05) is 0 Å². The van der Waals surface area contributed by atoms with Crippen LogP contribution in [0.3, 0.4) is 0 Å². The van der Waals surface area contributed by atoms with Crippen molar-refractivity contribution >= 4 is 21.4 Å². The van der Waals surface area contributed by atoms with E-state index in [2.05, 4.69) is 15.1 Å². The fourth-order valence-electron chi connectivity index (χ4n) is 3.15. The quantitative estimate of drug-likeness (QED) is 0.831. The van der Waals surface area contributed by atoms with Crippen LogP contribution in [0.25, 0.3) is 5.65 Å². The number of nitrogens with zero attached hydrogens (tertiary/aromatic N) is 5. The Morgan fingerprint density at radius 2 is 2.14 bits per heavy atom. The minimum absolute atomic E-state index is 0.165. The van der Waals surface area contributed by atoms with Crippen molar-refractivity contribution in [2.24, 2.45) is 5.92 Å². The van der Waals surface area contributed by atoms with E-state index < -0.39 is 9.84 Å². The molecule has 22 heavy (non-hydrogen) atoms. The van der Waals surface area contributed by atoms with Gasteiger partial charge in [0, 0.05) is 25.6 Å². The normalized spacial score (nSPS) is 24.0. The molecule has 2 aliphatic rings. The minimum atomic E-state index is -2.85. The molecule has 2 fully saturated rings. The highest BCUT2D eigenvalue weighted by molar-refractivity contribution is 7.91. The van der Waals surface area contributed by atoms with Crippen LogP contribution in [0, 0.1) is 5.92 Å². The van der Waals surface area contributed by atoms with E-state index in [4.69, 9.17) is 0 Å². The zero-order valence-corrected chi connectivity index (χ0v) is 13.3. The topological polar surface area (TPSA) is 80.5 Å². The first-order chi connectivity index (χ1) is 10.5. The second-order valence-electron chi connectivity index (χ2n) is 6.44. The summed E-state index contributed by atoms with van der Waals surface area (Å²) < 4.78 is 25.0. The van der Waals surface area contributed by atoms with Crippen molar-refractivity contribution < 1.29 is 8.42 Å². The molecule has 7 nitrogen and oxygen atoms in total. The van der Waals surface area contributed by atoms with Gasteiger partial charge in [-0.15, -0.1) is 0 Å². The van der Waals surface area contributed by atoms with E-state index >= 15 is 0 Å². The second-order valence-corrected chi connectivity index (χ2v) is 8.67. The molecule has 2 aromatic heterocycles. The zero-order valence-electron chi connectivity index (χ0n) is 12.5. The number of hydrogen-bond donors (Lipinski definition) is 0. The fourth-order valence-corrected chi connectivity index (χ4v) is 5.00. The standard InChI is InChI=1S/C14H19N5O2S/c1-18(7-10-4-5-22(20,21)8-10)14-16-9-15-13-6-12(11-2-3-11)17-19(13)14/h6,9-11H,2-5,7-8H2,1H3. The number of fused-ring (bicyclic) bond motifs is 1. The predicted molar refractivity (Wildman–Crippen MR) is 82.8 cm³/mol. The van der Waals surface area contributed by atoms with Gasteiger partial charge in [0.2, 0.25) is 5.95 Å². The van der Waals surface area contributed by atoms with E-state index in [0.717, 1.165) is 23.7 Å². The van der Waals surface area contributed by atoms with E-state index in [-0.39, 0.29) is 11.7 Å². The molecule has 1 atom stereocenters. The Bertz CT molecular complexity index is 812. The summed E-state index contributed by atoms with van der Waals surface area (Å²) in [4.78, 5) is 10.6. The Balaban J connectivity index is 1.59. The molecule has 0 aromatic carbocycles. The molecule has 1 aliphatic carbocycles. The van der Waals surface area contributed by atoms with Gasteiger partial charge in [0.05, 0.1) is 17.2 Å². The van der Waals surface area contributed by atoms with Crippen LogP contribution in [0.1, 0.15) is 30.9 Å². The molecular formula is C14H19N5O2S. The monoisotopic (exact) mass is 321 g/mol. The third kappa shape index (κ3) is 2.55. The van der Waals surface area contributed by atoms with Crippen LogP contribution in [0.2, 0.25) is 0 Å². The molecule has 0 amide bonds. The first kappa shape index (κ1) is 13.9. The lowest BCUT2D eigenvalue weighted by atomic mass is 10.1. The van der Waals surface area contributed by atoms with Gasteiger partial charge < -0.3 is 4.90 Å². The molecule has 118 valence electrons. The van der Waals surface area contributed by atoms with Gasteiger partial charge >= 0.3 is 0 Å². The fraction of sp³-hybridized carbons (Fsp3) is 0.643. The summed E-state index contributed by atoms with van der Waals surface area (Å²) in [7, 11) is -0.911. The molecule has 1 saturated carbocycles. The lowest BCUT2D eigenvalue weighted by Crippen LogP contribution is -2.29. The Hall–Kier alpha value is -1.70. The van der Waals surface area contributed by atoms with Crippen molar-refractivity contribution in [2.75, 3.05) is 30.0 Å². The Labute approximate surface area is 129 Å². The van der Waals surface area contributed by atoms with Gasteiger partial charge in [-0.3, -0.25) is 0 Å². The van der Waals surface area contributed by atoms with Crippen LogP contribution in [0.15, 0.2) is 12.4 Å². The van der Waals surface area contributed by atoms with Crippen LogP contribution in [0.4, 0.5) is 5.95 Å². The first-order valence-corrected chi connectivity index (χ1v) is 9.46. The van der Waals surface area contributed by atoms with Crippen molar-refractivity contribution in [1.82, 2.24) is 19.6 Å². The third-order valence-electron chi connectivity index (χ3n) is 4.46. The number of anilines is 1. The summed E-state index contributed by atoms with van der Waals surface area (Å²) in [6.45, 7) is 0.671. The lowest BCUT2D eigenvalue weighted by molar-refractivity contribution is 0.574. The molecule has 0 bridgehead atoms. The Morgan fingerprint density at radius 1 is 1.32 bits per heavy atom.